The van der Waals surface area contributed by atoms with Gasteiger partial charge in [-0.25, -0.2) is 9.37 Å². The Hall–Kier alpha value is -3.03. The second-order valence-corrected chi connectivity index (χ2v) is 5.55. The summed E-state index contributed by atoms with van der Waals surface area (Å²) in [7, 11) is 0. The monoisotopic (exact) mass is 328 g/mol. The van der Waals surface area contributed by atoms with Gasteiger partial charge in [0.15, 0.2) is 12.2 Å². The number of carbonyl (C=O) groups excluding carboxylic acids is 1. The number of oxazole rings is 1. The Morgan fingerprint density at radius 2 is 2.25 bits per heavy atom. The molecule has 2 aromatic heterocycles. The van der Waals surface area contributed by atoms with Crippen molar-refractivity contribution < 1.29 is 18.1 Å². The van der Waals surface area contributed by atoms with Gasteiger partial charge in [-0.15, -0.1) is 0 Å². The first-order chi connectivity index (χ1) is 11.7. The molecule has 1 aromatic carbocycles. The molecule has 0 atom stereocenters. The minimum absolute atomic E-state index is 0.0719. The number of hydrogen-bond donors (Lipinski definition) is 1. The summed E-state index contributed by atoms with van der Waals surface area (Å²) in [5.74, 6) is 0.262. The minimum atomic E-state index is -0.390. The molecule has 24 heavy (non-hydrogen) atoms. The van der Waals surface area contributed by atoms with Gasteiger partial charge in [0.25, 0.3) is 11.8 Å². The lowest BCUT2D eigenvalue weighted by molar-refractivity contribution is 0.0920. The van der Waals surface area contributed by atoms with Crippen molar-refractivity contribution in [3.63, 3.8) is 0 Å². The summed E-state index contributed by atoms with van der Waals surface area (Å²) >= 11 is 0. The maximum Gasteiger partial charge on any atom is 0.289 e. The molecule has 1 saturated carbocycles. The van der Waals surface area contributed by atoms with Crippen LogP contribution in [-0.2, 0) is 6.54 Å². The average molecular weight is 328 g/mol. The fourth-order valence-corrected chi connectivity index (χ4v) is 2.38. The van der Waals surface area contributed by atoms with Crippen molar-refractivity contribution in [1.29, 1.82) is 0 Å². The van der Waals surface area contributed by atoms with Gasteiger partial charge < -0.3 is 14.3 Å². The van der Waals surface area contributed by atoms with Crippen molar-refractivity contribution in [3.8, 4) is 11.5 Å². The van der Waals surface area contributed by atoms with E-state index in [1.807, 2.05) is 0 Å². The Morgan fingerprint density at radius 3 is 3.04 bits per heavy atom. The summed E-state index contributed by atoms with van der Waals surface area (Å²) in [6.07, 6.45) is 3.32. The summed E-state index contributed by atoms with van der Waals surface area (Å²) in [5, 5.41) is 6.44. The molecule has 122 valence electrons. The quantitative estimate of drug-likeness (QED) is 0.774. The van der Waals surface area contributed by atoms with Crippen molar-refractivity contribution >= 4 is 5.91 Å². The van der Waals surface area contributed by atoms with Gasteiger partial charge >= 0.3 is 0 Å². The minimum Gasteiger partial charge on any atom is -0.438 e. The molecule has 1 fully saturated rings. The Labute approximate surface area is 135 Å². The molecule has 8 heteroatoms. The molecule has 1 aliphatic carbocycles. The van der Waals surface area contributed by atoms with Gasteiger partial charge in [-0.1, -0.05) is 11.2 Å². The SMILES string of the molecule is O=C(NCc1noc(-c2cccc(F)c2)n1)c1ocnc1C1CC1. The molecule has 0 saturated heterocycles. The van der Waals surface area contributed by atoms with E-state index in [0.29, 0.717) is 17.2 Å². The molecule has 0 bridgehead atoms. The fraction of sp³-hybridized carbons (Fsp3) is 0.250. The Bertz CT molecular complexity index is 885. The van der Waals surface area contributed by atoms with Crippen LogP contribution < -0.4 is 5.32 Å². The molecular weight excluding hydrogens is 315 g/mol. The third kappa shape index (κ3) is 2.90. The fourth-order valence-electron chi connectivity index (χ4n) is 2.38. The van der Waals surface area contributed by atoms with Crippen molar-refractivity contribution in [2.24, 2.45) is 0 Å². The van der Waals surface area contributed by atoms with E-state index in [1.165, 1.54) is 18.5 Å². The van der Waals surface area contributed by atoms with Crippen molar-refractivity contribution in [2.45, 2.75) is 25.3 Å². The van der Waals surface area contributed by atoms with Gasteiger partial charge in [-0.05, 0) is 31.0 Å². The molecular formula is C16H13FN4O3. The Kier molecular flexibility index (Phi) is 3.56. The van der Waals surface area contributed by atoms with Crippen LogP contribution >= 0.6 is 0 Å². The number of aromatic nitrogens is 3. The molecule has 0 aliphatic heterocycles. The molecule has 7 nitrogen and oxygen atoms in total. The number of amides is 1. The lowest BCUT2D eigenvalue weighted by atomic mass is 10.2. The van der Waals surface area contributed by atoms with E-state index in [-0.39, 0.29) is 29.9 Å². The molecule has 0 radical (unpaired) electrons. The zero-order valence-corrected chi connectivity index (χ0v) is 12.5. The van der Waals surface area contributed by atoms with Crippen LogP contribution in [0.25, 0.3) is 11.5 Å². The van der Waals surface area contributed by atoms with Crippen LogP contribution in [0.5, 0.6) is 0 Å². The van der Waals surface area contributed by atoms with Gasteiger partial charge in [0.05, 0.1) is 12.2 Å². The van der Waals surface area contributed by atoms with Crippen LogP contribution in [0, 0.1) is 5.82 Å². The van der Waals surface area contributed by atoms with E-state index in [4.69, 9.17) is 8.94 Å². The molecule has 3 aromatic rings. The van der Waals surface area contributed by atoms with Gasteiger partial charge in [0.2, 0.25) is 5.76 Å². The molecule has 2 heterocycles. The first-order valence-corrected chi connectivity index (χ1v) is 7.51. The van der Waals surface area contributed by atoms with Crippen LogP contribution in [0.3, 0.4) is 0 Å². The normalized spacial score (nSPS) is 13.9. The standard InChI is InChI=1S/C16H13FN4O3/c17-11-3-1-2-10(6-11)16-20-12(21-24-16)7-18-15(22)14-13(9-4-5-9)19-8-23-14/h1-3,6,8-9H,4-5,7H2,(H,18,22). The summed E-state index contributed by atoms with van der Waals surface area (Å²) < 4.78 is 23.5. The van der Waals surface area contributed by atoms with Crippen LogP contribution in [0.1, 0.15) is 40.8 Å². The predicted octanol–water partition coefficient (Wildman–Crippen LogP) is 2.67. The summed E-state index contributed by atoms with van der Waals surface area (Å²) in [5.41, 5.74) is 1.17. The summed E-state index contributed by atoms with van der Waals surface area (Å²) in [4.78, 5) is 20.4. The largest absolute Gasteiger partial charge is 0.438 e. The highest BCUT2D eigenvalue weighted by Crippen LogP contribution is 2.40. The zero-order valence-electron chi connectivity index (χ0n) is 12.5. The summed E-state index contributed by atoms with van der Waals surface area (Å²) in [6, 6.07) is 5.84. The smallest absolute Gasteiger partial charge is 0.289 e. The second kappa shape index (κ2) is 5.88. The molecule has 1 aliphatic rings. The van der Waals surface area contributed by atoms with E-state index in [0.717, 1.165) is 12.8 Å². The van der Waals surface area contributed by atoms with E-state index in [9.17, 15) is 9.18 Å². The highest BCUT2D eigenvalue weighted by Gasteiger charge is 2.32. The molecule has 0 spiro atoms. The van der Waals surface area contributed by atoms with E-state index < -0.39 is 5.82 Å². The van der Waals surface area contributed by atoms with Gasteiger partial charge in [-0.2, -0.15) is 4.98 Å². The number of rotatable bonds is 5. The Balaban J connectivity index is 1.43. The third-order valence-corrected chi connectivity index (χ3v) is 3.71. The molecule has 1 N–H and O–H groups in total. The van der Waals surface area contributed by atoms with Crippen molar-refractivity contribution in [3.05, 3.63) is 53.8 Å². The zero-order chi connectivity index (χ0) is 16.5. The van der Waals surface area contributed by atoms with Crippen molar-refractivity contribution in [2.75, 3.05) is 0 Å². The van der Waals surface area contributed by atoms with Crippen LogP contribution in [0.15, 0.2) is 39.6 Å². The van der Waals surface area contributed by atoms with E-state index >= 15 is 0 Å². The molecule has 4 rings (SSSR count). The first kappa shape index (κ1) is 14.6. The molecule has 1 amide bonds. The average Bonchev–Trinajstić information content (AvgIpc) is 3.12. The third-order valence-electron chi connectivity index (χ3n) is 3.71. The van der Waals surface area contributed by atoms with E-state index in [1.54, 1.807) is 12.1 Å². The maximum absolute atomic E-state index is 13.2. The second-order valence-electron chi connectivity index (χ2n) is 5.55. The first-order valence-electron chi connectivity index (χ1n) is 7.51. The van der Waals surface area contributed by atoms with Crippen molar-refractivity contribution in [1.82, 2.24) is 20.4 Å². The van der Waals surface area contributed by atoms with Gasteiger partial charge in [-0.3, -0.25) is 4.79 Å². The lowest BCUT2D eigenvalue weighted by Gasteiger charge is -2.00. The summed E-state index contributed by atoms with van der Waals surface area (Å²) in [6.45, 7) is 0.0719. The van der Waals surface area contributed by atoms with Crippen LogP contribution in [0.2, 0.25) is 0 Å². The predicted molar refractivity (Wildman–Crippen MR) is 79.3 cm³/mol. The number of carbonyl (C=O) groups is 1. The Morgan fingerprint density at radius 1 is 1.38 bits per heavy atom. The van der Waals surface area contributed by atoms with Crippen LogP contribution in [-0.4, -0.2) is 21.0 Å². The number of hydrogen-bond acceptors (Lipinski definition) is 6. The number of halogens is 1. The number of benzene rings is 1. The number of nitrogens with zero attached hydrogens (tertiary/aromatic N) is 3. The number of nitrogens with one attached hydrogen (secondary N) is 1. The lowest BCUT2D eigenvalue weighted by Crippen LogP contribution is -2.24. The maximum atomic E-state index is 13.2. The highest BCUT2D eigenvalue weighted by atomic mass is 19.1. The topological polar surface area (TPSA) is 94.1 Å². The van der Waals surface area contributed by atoms with Gasteiger partial charge in [0, 0.05) is 11.5 Å². The molecule has 0 unspecified atom stereocenters. The van der Waals surface area contributed by atoms with E-state index in [2.05, 4.69) is 20.4 Å². The van der Waals surface area contributed by atoms with Gasteiger partial charge in [0.1, 0.15) is 5.82 Å². The van der Waals surface area contributed by atoms with Crippen LogP contribution in [0.4, 0.5) is 4.39 Å². The highest BCUT2D eigenvalue weighted by molar-refractivity contribution is 5.92.